The Morgan fingerprint density at radius 3 is 2.45 bits per heavy atom. The third-order valence-electron chi connectivity index (χ3n) is 3.56. The van der Waals surface area contributed by atoms with Crippen LogP contribution in [0.2, 0.25) is 0 Å². The van der Waals surface area contributed by atoms with E-state index < -0.39 is 24.0 Å². The minimum Gasteiger partial charge on any atom is -0.447 e. The van der Waals surface area contributed by atoms with Gasteiger partial charge in [0.05, 0.1) is 5.92 Å². The van der Waals surface area contributed by atoms with Gasteiger partial charge in [-0.3, -0.25) is 14.9 Å². The first-order valence-electron chi connectivity index (χ1n) is 7.37. The van der Waals surface area contributed by atoms with Crippen LogP contribution in [0.4, 0.5) is 4.79 Å². The van der Waals surface area contributed by atoms with Crippen molar-refractivity contribution in [2.75, 3.05) is 6.54 Å². The Morgan fingerprint density at radius 1 is 1.27 bits per heavy atom. The quantitative estimate of drug-likeness (QED) is 0.812. The third-order valence-corrected chi connectivity index (χ3v) is 3.56. The fraction of sp³-hybridized carbons (Fsp3) is 0.438. The molecule has 0 heterocycles. The Bertz CT molecular complexity index is 559. The van der Waals surface area contributed by atoms with Gasteiger partial charge < -0.3 is 10.1 Å². The number of amides is 3. The molecule has 3 atom stereocenters. The first-order chi connectivity index (χ1) is 10.5. The van der Waals surface area contributed by atoms with Gasteiger partial charge in [-0.25, -0.2) is 4.79 Å². The van der Waals surface area contributed by atoms with E-state index in [0.29, 0.717) is 12.1 Å². The third kappa shape index (κ3) is 4.07. The zero-order chi connectivity index (χ0) is 16.1. The van der Waals surface area contributed by atoms with Crippen LogP contribution in [-0.2, 0) is 14.3 Å². The molecule has 0 saturated heterocycles. The highest BCUT2D eigenvalue weighted by molar-refractivity contribution is 5.97. The first-order valence-corrected chi connectivity index (χ1v) is 7.37. The second kappa shape index (κ2) is 7.06. The van der Waals surface area contributed by atoms with Crippen LogP contribution in [0.5, 0.6) is 0 Å². The fourth-order valence-electron chi connectivity index (χ4n) is 2.14. The van der Waals surface area contributed by atoms with Crippen molar-refractivity contribution in [2.45, 2.75) is 26.4 Å². The van der Waals surface area contributed by atoms with Gasteiger partial charge >= 0.3 is 12.0 Å². The molecule has 0 radical (unpaired) electrons. The molecule has 1 fully saturated rings. The van der Waals surface area contributed by atoms with Crippen molar-refractivity contribution in [3.05, 3.63) is 35.9 Å². The summed E-state index contributed by atoms with van der Waals surface area (Å²) in [5.41, 5.74) is 0.533. The van der Waals surface area contributed by atoms with Crippen LogP contribution in [0.25, 0.3) is 0 Å². The number of carbonyl (C=O) groups is 3. The lowest BCUT2D eigenvalue weighted by molar-refractivity contribution is -0.157. The summed E-state index contributed by atoms with van der Waals surface area (Å²) >= 11 is 0. The van der Waals surface area contributed by atoms with Crippen LogP contribution in [0, 0.1) is 11.8 Å². The zero-order valence-electron chi connectivity index (χ0n) is 12.7. The van der Waals surface area contributed by atoms with Crippen LogP contribution in [0.3, 0.4) is 0 Å². The smallest absolute Gasteiger partial charge is 0.321 e. The van der Waals surface area contributed by atoms with Gasteiger partial charge in [0.15, 0.2) is 0 Å². The number of ether oxygens (including phenoxy) is 1. The molecule has 0 unspecified atom stereocenters. The molecule has 22 heavy (non-hydrogen) atoms. The van der Waals surface area contributed by atoms with E-state index in [1.807, 2.05) is 6.92 Å². The van der Waals surface area contributed by atoms with Crippen LogP contribution >= 0.6 is 0 Å². The van der Waals surface area contributed by atoms with Crippen molar-refractivity contribution in [1.82, 2.24) is 10.6 Å². The molecule has 2 rings (SSSR count). The van der Waals surface area contributed by atoms with E-state index in [0.717, 1.165) is 6.42 Å². The maximum absolute atomic E-state index is 12.2. The van der Waals surface area contributed by atoms with Gasteiger partial charge in [-0.05, 0) is 19.3 Å². The molecule has 6 heteroatoms. The molecule has 1 saturated carbocycles. The number of esters is 1. The van der Waals surface area contributed by atoms with Gasteiger partial charge in [-0.15, -0.1) is 0 Å². The predicted octanol–water partition coefficient (Wildman–Crippen LogP) is 1.77. The summed E-state index contributed by atoms with van der Waals surface area (Å²) in [6.07, 6.45) is -0.345. The van der Waals surface area contributed by atoms with Gasteiger partial charge in [0.25, 0.3) is 5.91 Å². The molecular formula is C16H20N2O4. The molecule has 1 aliphatic carbocycles. The van der Waals surface area contributed by atoms with E-state index in [1.165, 1.54) is 0 Å². The Kier molecular flexibility index (Phi) is 5.14. The second-order valence-corrected chi connectivity index (χ2v) is 5.40. The zero-order valence-corrected chi connectivity index (χ0v) is 12.7. The highest BCUT2D eigenvalue weighted by Crippen LogP contribution is 2.39. The van der Waals surface area contributed by atoms with Crippen LogP contribution in [-0.4, -0.2) is 24.5 Å². The molecule has 1 aliphatic rings. The van der Waals surface area contributed by atoms with Gasteiger partial charge in [0, 0.05) is 12.1 Å². The summed E-state index contributed by atoms with van der Waals surface area (Å²) in [7, 11) is 0. The summed E-state index contributed by atoms with van der Waals surface area (Å²) in [5, 5.41) is 4.66. The average molecular weight is 304 g/mol. The predicted molar refractivity (Wildman–Crippen MR) is 79.8 cm³/mol. The lowest BCUT2D eigenvalue weighted by atomic mass is 10.1. The number of hydrogen-bond donors (Lipinski definition) is 2. The van der Waals surface area contributed by atoms with Gasteiger partial charge in [0.2, 0.25) is 6.10 Å². The van der Waals surface area contributed by atoms with Crippen molar-refractivity contribution in [1.29, 1.82) is 0 Å². The summed E-state index contributed by atoms with van der Waals surface area (Å²) in [5.74, 6) is -0.912. The molecule has 6 nitrogen and oxygen atoms in total. The van der Waals surface area contributed by atoms with Crippen molar-refractivity contribution in [3.63, 3.8) is 0 Å². The van der Waals surface area contributed by atoms with Crippen LogP contribution in [0.15, 0.2) is 30.3 Å². The fourth-order valence-corrected chi connectivity index (χ4v) is 2.14. The van der Waals surface area contributed by atoms with Gasteiger partial charge in [-0.1, -0.05) is 37.3 Å². The molecule has 0 spiro atoms. The molecular weight excluding hydrogens is 284 g/mol. The molecule has 3 amide bonds. The number of benzene rings is 1. The average Bonchev–Trinajstić information content (AvgIpc) is 3.22. The van der Waals surface area contributed by atoms with E-state index in [2.05, 4.69) is 10.6 Å². The monoisotopic (exact) mass is 304 g/mol. The number of hydrogen-bond acceptors (Lipinski definition) is 4. The van der Waals surface area contributed by atoms with Crippen LogP contribution < -0.4 is 10.6 Å². The largest absolute Gasteiger partial charge is 0.447 e. The number of imide groups is 1. The Labute approximate surface area is 129 Å². The number of nitrogens with one attached hydrogen (secondary N) is 2. The van der Waals surface area contributed by atoms with Gasteiger partial charge in [-0.2, -0.15) is 0 Å². The highest BCUT2D eigenvalue weighted by atomic mass is 16.5. The molecule has 0 bridgehead atoms. The molecule has 1 aromatic carbocycles. The summed E-state index contributed by atoms with van der Waals surface area (Å²) in [6.45, 7) is 4.10. The van der Waals surface area contributed by atoms with Crippen LogP contribution in [0.1, 0.15) is 31.9 Å². The number of rotatable bonds is 5. The van der Waals surface area contributed by atoms with E-state index in [4.69, 9.17) is 4.74 Å². The summed E-state index contributed by atoms with van der Waals surface area (Å²) < 4.78 is 5.34. The van der Waals surface area contributed by atoms with E-state index >= 15 is 0 Å². The van der Waals surface area contributed by atoms with E-state index in [-0.39, 0.29) is 11.8 Å². The van der Waals surface area contributed by atoms with Crippen molar-refractivity contribution in [2.24, 2.45) is 11.8 Å². The standard InChI is InChI=1S/C16H20N2O4/c1-3-17-16(21)18-14(19)13(11-7-5-4-6-8-11)22-15(20)12-9-10(12)2/h4-8,10,12-13H,3,9H2,1-2H3,(H2,17,18,19,21)/t10-,12-,13+/m0/s1. The number of carbonyl (C=O) groups excluding carboxylic acids is 3. The molecule has 0 aromatic heterocycles. The lowest BCUT2D eigenvalue weighted by Gasteiger charge is -2.17. The molecule has 0 aliphatic heterocycles. The highest BCUT2D eigenvalue weighted by Gasteiger charge is 2.42. The number of urea groups is 1. The van der Waals surface area contributed by atoms with Crippen molar-refractivity contribution >= 4 is 17.9 Å². The van der Waals surface area contributed by atoms with E-state index in [9.17, 15) is 14.4 Å². The first kappa shape index (κ1) is 16.0. The minimum absolute atomic E-state index is 0.150. The Balaban J connectivity index is 2.09. The maximum Gasteiger partial charge on any atom is 0.321 e. The SMILES string of the molecule is CCNC(=O)NC(=O)[C@H](OC(=O)[C@H]1C[C@@H]1C)c1ccccc1. The molecule has 2 N–H and O–H groups in total. The van der Waals surface area contributed by atoms with Crippen molar-refractivity contribution < 1.29 is 19.1 Å². The van der Waals surface area contributed by atoms with E-state index in [1.54, 1.807) is 37.3 Å². The topological polar surface area (TPSA) is 84.5 Å². The second-order valence-electron chi connectivity index (χ2n) is 5.40. The summed E-state index contributed by atoms with van der Waals surface area (Å²) in [6, 6.07) is 8.05. The minimum atomic E-state index is -1.12. The van der Waals surface area contributed by atoms with Crippen molar-refractivity contribution in [3.8, 4) is 0 Å². The molecule has 1 aromatic rings. The Hall–Kier alpha value is -2.37. The Morgan fingerprint density at radius 2 is 1.91 bits per heavy atom. The lowest BCUT2D eigenvalue weighted by Crippen LogP contribution is -2.42. The van der Waals surface area contributed by atoms with Gasteiger partial charge in [0.1, 0.15) is 0 Å². The maximum atomic E-state index is 12.2. The molecule has 118 valence electrons. The summed E-state index contributed by atoms with van der Waals surface area (Å²) in [4.78, 5) is 35.7. The normalized spacial score (nSPS) is 20.6.